The van der Waals surface area contributed by atoms with E-state index in [2.05, 4.69) is 26.1 Å². The van der Waals surface area contributed by atoms with E-state index in [9.17, 15) is 4.79 Å². The van der Waals surface area contributed by atoms with E-state index >= 15 is 0 Å². The molecule has 98 valence electrons. The van der Waals surface area contributed by atoms with Crippen LogP contribution in [-0.2, 0) is 4.79 Å². The summed E-state index contributed by atoms with van der Waals surface area (Å²) < 4.78 is 6.23. The van der Waals surface area contributed by atoms with Crippen molar-refractivity contribution in [3.05, 3.63) is 34.6 Å². The summed E-state index contributed by atoms with van der Waals surface area (Å²) in [5, 5.41) is 3.98. The predicted octanol–water partition coefficient (Wildman–Crippen LogP) is 3.73. The minimum Gasteiger partial charge on any atom is -0.338 e. The molecule has 19 heavy (non-hydrogen) atoms. The molecule has 0 aliphatic heterocycles. The molecule has 0 saturated heterocycles. The van der Waals surface area contributed by atoms with Crippen molar-refractivity contribution < 1.29 is 9.32 Å². The van der Waals surface area contributed by atoms with Crippen LogP contribution in [0.5, 0.6) is 0 Å². The molecule has 4 nitrogen and oxygen atoms in total. The number of rotatable bonds is 2. The number of nitrogens with zero attached hydrogens (tertiary/aromatic N) is 2. The van der Waals surface area contributed by atoms with Gasteiger partial charge in [-0.2, -0.15) is 4.98 Å². The highest BCUT2D eigenvalue weighted by molar-refractivity contribution is 9.10. The molecule has 3 rings (SSSR count). The van der Waals surface area contributed by atoms with Crippen LogP contribution in [0.2, 0.25) is 0 Å². The van der Waals surface area contributed by atoms with Crippen LogP contribution in [0.4, 0.5) is 0 Å². The first-order chi connectivity index (χ1) is 9.24. The Bertz CT molecular complexity index is 609. The van der Waals surface area contributed by atoms with Gasteiger partial charge in [0.1, 0.15) is 5.78 Å². The zero-order valence-electron chi connectivity index (χ0n) is 10.3. The fraction of sp³-hybridized carbons (Fsp3) is 0.357. The van der Waals surface area contributed by atoms with Crippen LogP contribution in [0.15, 0.2) is 33.3 Å². The zero-order chi connectivity index (χ0) is 13.2. The van der Waals surface area contributed by atoms with Gasteiger partial charge in [-0.15, -0.1) is 0 Å². The van der Waals surface area contributed by atoms with E-state index in [4.69, 9.17) is 4.52 Å². The first-order valence-corrected chi connectivity index (χ1v) is 7.15. The molecule has 5 heteroatoms. The largest absolute Gasteiger partial charge is 0.338 e. The van der Waals surface area contributed by atoms with Gasteiger partial charge in [-0.1, -0.05) is 39.6 Å². The summed E-state index contributed by atoms with van der Waals surface area (Å²) in [4.78, 5) is 16.2. The van der Waals surface area contributed by atoms with Crippen molar-refractivity contribution in [1.29, 1.82) is 0 Å². The second-order valence-corrected chi connectivity index (χ2v) is 5.65. The standard InChI is InChI=1S/C14H13BrN2O2/c15-10-5-3-4-9(8-10)13-16-14(19-17-13)11-6-1-2-7-12(11)18/h3-5,8,11H,1-2,6-7H2. The number of aromatic nitrogens is 2. The third-order valence-corrected chi connectivity index (χ3v) is 3.87. The van der Waals surface area contributed by atoms with Gasteiger partial charge in [0.25, 0.3) is 0 Å². The lowest BCUT2D eigenvalue weighted by atomic mass is 9.88. The van der Waals surface area contributed by atoms with E-state index in [0.29, 0.717) is 18.1 Å². The Labute approximate surface area is 119 Å². The number of Topliss-reactive ketones (excluding diaryl/α,β-unsaturated/α-hetero) is 1. The second-order valence-electron chi connectivity index (χ2n) is 4.73. The zero-order valence-corrected chi connectivity index (χ0v) is 11.9. The molecule has 1 atom stereocenters. The Morgan fingerprint density at radius 2 is 2.21 bits per heavy atom. The Hall–Kier alpha value is -1.49. The lowest BCUT2D eigenvalue weighted by Crippen LogP contribution is -2.17. The SMILES string of the molecule is O=C1CCCCC1c1nc(-c2cccc(Br)c2)no1. The van der Waals surface area contributed by atoms with Gasteiger partial charge in [-0.3, -0.25) is 4.79 Å². The molecule has 0 N–H and O–H groups in total. The van der Waals surface area contributed by atoms with Crippen LogP contribution < -0.4 is 0 Å². The lowest BCUT2D eigenvalue weighted by molar-refractivity contribution is -0.122. The summed E-state index contributed by atoms with van der Waals surface area (Å²) in [5.74, 6) is 1.01. The average Bonchev–Trinajstić information content (AvgIpc) is 2.89. The van der Waals surface area contributed by atoms with Gasteiger partial charge in [-0.05, 0) is 25.0 Å². The fourth-order valence-corrected chi connectivity index (χ4v) is 2.76. The van der Waals surface area contributed by atoms with Crippen LogP contribution in [0.25, 0.3) is 11.4 Å². The number of hydrogen-bond acceptors (Lipinski definition) is 4. The maximum absolute atomic E-state index is 11.9. The second kappa shape index (κ2) is 5.25. The predicted molar refractivity (Wildman–Crippen MR) is 73.7 cm³/mol. The molecule has 2 aromatic rings. The molecule has 0 radical (unpaired) electrons. The van der Waals surface area contributed by atoms with Crippen molar-refractivity contribution in [3.63, 3.8) is 0 Å². The Morgan fingerprint density at radius 3 is 3.00 bits per heavy atom. The monoisotopic (exact) mass is 320 g/mol. The van der Waals surface area contributed by atoms with Gasteiger partial charge in [-0.25, -0.2) is 0 Å². The molecule has 0 amide bonds. The Balaban J connectivity index is 1.89. The summed E-state index contributed by atoms with van der Waals surface area (Å²) in [6.07, 6.45) is 3.46. The van der Waals surface area contributed by atoms with E-state index in [1.807, 2.05) is 24.3 Å². The number of halogens is 1. The summed E-state index contributed by atoms with van der Waals surface area (Å²) in [6, 6.07) is 7.70. The quantitative estimate of drug-likeness (QED) is 0.846. The van der Waals surface area contributed by atoms with E-state index < -0.39 is 0 Å². The molecule has 0 spiro atoms. The van der Waals surface area contributed by atoms with Gasteiger partial charge in [0, 0.05) is 16.5 Å². The van der Waals surface area contributed by atoms with E-state index in [-0.39, 0.29) is 11.7 Å². The minimum absolute atomic E-state index is 0.206. The van der Waals surface area contributed by atoms with Gasteiger partial charge < -0.3 is 4.52 Å². The number of ketones is 1. The fourth-order valence-electron chi connectivity index (χ4n) is 2.37. The molecule has 0 bridgehead atoms. The smallest absolute Gasteiger partial charge is 0.237 e. The maximum atomic E-state index is 11.9. The summed E-state index contributed by atoms with van der Waals surface area (Å²) in [7, 11) is 0. The normalized spacial score (nSPS) is 19.6. The molecule has 1 heterocycles. The van der Waals surface area contributed by atoms with Crippen LogP contribution >= 0.6 is 15.9 Å². The van der Waals surface area contributed by atoms with Crippen molar-refractivity contribution in [2.24, 2.45) is 0 Å². The third kappa shape index (κ3) is 2.61. The first-order valence-electron chi connectivity index (χ1n) is 6.36. The Morgan fingerprint density at radius 1 is 1.32 bits per heavy atom. The molecule has 1 aliphatic rings. The van der Waals surface area contributed by atoms with Crippen LogP contribution in [0.1, 0.15) is 37.5 Å². The van der Waals surface area contributed by atoms with Crippen molar-refractivity contribution in [2.75, 3.05) is 0 Å². The average molecular weight is 321 g/mol. The first kappa shape index (κ1) is 12.5. The number of hydrogen-bond donors (Lipinski definition) is 0. The van der Waals surface area contributed by atoms with Gasteiger partial charge in [0.2, 0.25) is 11.7 Å². The molecule has 1 aromatic carbocycles. The Kier molecular flexibility index (Phi) is 3.46. The van der Waals surface area contributed by atoms with Gasteiger partial charge in [0.05, 0.1) is 5.92 Å². The summed E-state index contributed by atoms with van der Waals surface area (Å²) in [5.41, 5.74) is 0.882. The van der Waals surface area contributed by atoms with E-state index in [1.165, 1.54) is 0 Å². The van der Waals surface area contributed by atoms with Crippen molar-refractivity contribution in [1.82, 2.24) is 10.1 Å². The number of benzene rings is 1. The van der Waals surface area contributed by atoms with Gasteiger partial charge >= 0.3 is 0 Å². The number of carbonyl (C=O) groups excluding carboxylic acids is 1. The topological polar surface area (TPSA) is 56.0 Å². The minimum atomic E-state index is -0.206. The molecule has 1 unspecified atom stereocenters. The van der Waals surface area contributed by atoms with Crippen LogP contribution in [0.3, 0.4) is 0 Å². The number of carbonyl (C=O) groups is 1. The molecular formula is C14H13BrN2O2. The van der Waals surface area contributed by atoms with E-state index in [1.54, 1.807) is 0 Å². The summed E-state index contributed by atoms with van der Waals surface area (Å²) >= 11 is 3.41. The molecule has 1 aromatic heterocycles. The highest BCUT2D eigenvalue weighted by Crippen LogP contribution is 2.30. The maximum Gasteiger partial charge on any atom is 0.237 e. The molecule has 1 fully saturated rings. The lowest BCUT2D eigenvalue weighted by Gasteiger charge is -2.16. The van der Waals surface area contributed by atoms with Crippen LogP contribution in [0, 0.1) is 0 Å². The molecular weight excluding hydrogens is 308 g/mol. The van der Waals surface area contributed by atoms with Crippen molar-refractivity contribution >= 4 is 21.7 Å². The van der Waals surface area contributed by atoms with Crippen molar-refractivity contribution in [3.8, 4) is 11.4 Å². The van der Waals surface area contributed by atoms with Crippen molar-refractivity contribution in [2.45, 2.75) is 31.6 Å². The van der Waals surface area contributed by atoms with Gasteiger partial charge in [0.15, 0.2) is 0 Å². The third-order valence-electron chi connectivity index (χ3n) is 3.38. The summed E-state index contributed by atoms with van der Waals surface area (Å²) in [6.45, 7) is 0. The molecule has 1 aliphatic carbocycles. The highest BCUT2D eigenvalue weighted by Gasteiger charge is 2.29. The molecule has 1 saturated carbocycles. The van der Waals surface area contributed by atoms with E-state index in [0.717, 1.165) is 29.3 Å². The highest BCUT2D eigenvalue weighted by atomic mass is 79.9. The van der Waals surface area contributed by atoms with Crippen LogP contribution in [-0.4, -0.2) is 15.9 Å².